The van der Waals surface area contributed by atoms with Crippen molar-refractivity contribution < 1.29 is 13.2 Å². The molecular weight excluding hydrogens is 239 g/mol. The van der Waals surface area contributed by atoms with Gasteiger partial charge < -0.3 is 5.32 Å². The molecule has 0 heterocycles. The third-order valence-electron chi connectivity index (χ3n) is 3.57. The number of halogens is 3. The summed E-state index contributed by atoms with van der Waals surface area (Å²) in [6, 6.07) is 9.77. The Bertz CT molecular complexity index is 361. The molecule has 0 amide bonds. The van der Waals surface area contributed by atoms with Crippen LogP contribution in [0.25, 0.3) is 0 Å². The van der Waals surface area contributed by atoms with Gasteiger partial charge in [0.15, 0.2) is 0 Å². The summed E-state index contributed by atoms with van der Waals surface area (Å²) >= 11 is 0. The zero-order valence-corrected chi connectivity index (χ0v) is 10.2. The molecule has 18 heavy (non-hydrogen) atoms. The molecule has 1 N–H and O–H groups in total. The van der Waals surface area contributed by atoms with Crippen molar-refractivity contribution in [1.29, 1.82) is 0 Å². The molecule has 4 heteroatoms. The summed E-state index contributed by atoms with van der Waals surface area (Å²) in [5.41, 5.74) is 1.12. The highest BCUT2D eigenvalue weighted by atomic mass is 19.4. The average molecular weight is 257 g/mol. The standard InChI is InChI=1S/C14H18F3N/c15-14(16,17)12-7-4-8-13(9-12)18-10-11-5-2-1-3-6-11/h1-3,5-6,12-13,18H,4,7-10H2. The third-order valence-corrected chi connectivity index (χ3v) is 3.57. The molecule has 0 spiro atoms. The Morgan fingerprint density at radius 3 is 2.50 bits per heavy atom. The van der Waals surface area contributed by atoms with E-state index in [9.17, 15) is 13.2 Å². The van der Waals surface area contributed by atoms with Gasteiger partial charge in [-0.05, 0) is 24.8 Å². The molecule has 0 saturated heterocycles. The molecule has 2 atom stereocenters. The lowest BCUT2D eigenvalue weighted by molar-refractivity contribution is -0.183. The van der Waals surface area contributed by atoms with Crippen LogP contribution >= 0.6 is 0 Å². The minimum atomic E-state index is -4.03. The summed E-state index contributed by atoms with van der Waals surface area (Å²) < 4.78 is 38.0. The summed E-state index contributed by atoms with van der Waals surface area (Å²) in [6.45, 7) is 0.649. The van der Waals surface area contributed by atoms with E-state index < -0.39 is 12.1 Å². The van der Waals surface area contributed by atoms with E-state index >= 15 is 0 Å². The molecular formula is C14H18F3N. The van der Waals surface area contributed by atoms with Crippen molar-refractivity contribution >= 4 is 0 Å². The van der Waals surface area contributed by atoms with E-state index in [1.165, 1.54) is 0 Å². The number of alkyl halides is 3. The molecule has 1 aromatic rings. The molecule has 1 fully saturated rings. The van der Waals surface area contributed by atoms with Crippen LogP contribution in [0.1, 0.15) is 31.2 Å². The zero-order chi connectivity index (χ0) is 13.0. The van der Waals surface area contributed by atoms with E-state index in [2.05, 4.69) is 5.32 Å². The molecule has 0 bridgehead atoms. The van der Waals surface area contributed by atoms with Gasteiger partial charge in [0.05, 0.1) is 5.92 Å². The predicted octanol–water partition coefficient (Wildman–Crippen LogP) is 3.90. The van der Waals surface area contributed by atoms with E-state index in [1.54, 1.807) is 0 Å². The number of hydrogen-bond acceptors (Lipinski definition) is 1. The molecule has 1 aliphatic rings. The second kappa shape index (κ2) is 5.74. The lowest BCUT2D eigenvalue weighted by atomic mass is 9.85. The minimum absolute atomic E-state index is 0.00872. The molecule has 1 nitrogen and oxygen atoms in total. The minimum Gasteiger partial charge on any atom is -0.310 e. The van der Waals surface area contributed by atoms with Crippen LogP contribution in [0, 0.1) is 5.92 Å². The Balaban J connectivity index is 1.83. The normalized spacial score (nSPS) is 25.1. The summed E-state index contributed by atoms with van der Waals surface area (Å²) in [7, 11) is 0. The second-order valence-electron chi connectivity index (χ2n) is 4.97. The van der Waals surface area contributed by atoms with Gasteiger partial charge in [0.1, 0.15) is 0 Å². The van der Waals surface area contributed by atoms with Gasteiger partial charge in [-0.1, -0.05) is 36.8 Å². The van der Waals surface area contributed by atoms with Crippen LogP contribution in [0.3, 0.4) is 0 Å². The molecule has 100 valence electrons. The SMILES string of the molecule is FC(F)(F)C1CCCC(NCc2ccccc2)C1. The van der Waals surface area contributed by atoms with Crippen molar-refractivity contribution in [2.75, 3.05) is 0 Å². The highest BCUT2D eigenvalue weighted by Crippen LogP contribution is 2.37. The van der Waals surface area contributed by atoms with Gasteiger partial charge in [0.25, 0.3) is 0 Å². The van der Waals surface area contributed by atoms with Crippen LogP contribution in [-0.4, -0.2) is 12.2 Å². The fourth-order valence-electron chi connectivity index (χ4n) is 2.53. The molecule has 0 radical (unpaired) electrons. The smallest absolute Gasteiger partial charge is 0.310 e. The first-order valence-electron chi connectivity index (χ1n) is 6.40. The van der Waals surface area contributed by atoms with Crippen molar-refractivity contribution in [1.82, 2.24) is 5.32 Å². The summed E-state index contributed by atoms with van der Waals surface area (Å²) in [4.78, 5) is 0. The summed E-state index contributed by atoms with van der Waals surface area (Å²) in [5, 5.41) is 3.24. The first kappa shape index (κ1) is 13.4. The fourth-order valence-corrected chi connectivity index (χ4v) is 2.53. The Morgan fingerprint density at radius 1 is 1.11 bits per heavy atom. The number of benzene rings is 1. The highest BCUT2D eigenvalue weighted by Gasteiger charge is 2.41. The molecule has 2 rings (SSSR count). The molecule has 1 saturated carbocycles. The van der Waals surface area contributed by atoms with Gasteiger partial charge in [-0.15, -0.1) is 0 Å². The van der Waals surface area contributed by atoms with Crippen LogP contribution in [0.15, 0.2) is 30.3 Å². The van der Waals surface area contributed by atoms with Crippen molar-refractivity contribution in [3.63, 3.8) is 0 Å². The molecule has 1 aromatic carbocycles. The van der Waals surface area contributed by atoms with Crippen molar-refractivity contribution in [2.24, 2.45) is 5.92 Å². The fraction of sp³-hybridized carbons (Fsp3) is 0.571. The van der Waals surface area contributed by atoms with E-state index in [4.69, 9.17) is 0 Å². The van der Waals surface area contributed by atoms with E-state index in [-0.39, 0.29) is 18.9 Å². The number of hydrogen-bond donors (Lipinski definition) is 1. The van der Waals surface area contributed by atoms with E-state index in [0.717, 1.165) is 12.0 Å². The maximum absolute atomic E-state index is 12.7. The third kappa shape index (κ3) is 3.73. The summed E-state index contributed by atoms with van der Waals surface area (Å²) in [5.74, 6) is -1.13. The molecule has 2 unspecified atom stereocenters. The largest absolute Gasteiger partial charge is 0.391 e. The van der Waals surface area contributed by atoms with Crippen LogP contribution in [0.5, 0.6) is 0 Å². The Kier molecular flexibility index (Phi) is 4.27. The monoisotopic (exact) mass is 257 g/mol. The average Bonchev–Trinajstić information content (AvgIpc) is 2.37. The predicted molar refractivity (Wildman–Crippen MR) is 65.1 cm³/mol. The Morgan fingerprint density at radius 2 is 1.83 bits per heavy atom. The zero-order valence-electron chi connectivity index (χ0n) is 10.2. The lowest BCUT2D eigenvalue weighted by Gasteiger charge is -2.31. The summed E-state index contributed by atoms with van der Waals surface area (Å²) in [6.07, 6.45) is -2.02. The van der Waals surface area contributed by atoms with Gasteiger partial charge in [-0.2, -0.15) is 13.2 Å². The highest BCUT2D eigenvalue weighted by molar-refractivity contribution is 5.14. The first-order chi connectivity index (χ1) is 8.55. The van der Waals surface area contributed by atoms with Crippen LogP contribution < -0.4 is 5.32 Å². The van der Waals surface area contributed by atoms with Crippen LogP contribution in [-0.2, 0) is 6.54 Å². The van der Waals surface area contributed by atoms with Gasteiger partial charge >= 0.3 is 6.18 Å². The maximum atomic E-state index is 12.7. The van der Waals surface area contributed by atoms with Crippen molar-refractivity contribution in [3.05, 3.63) is 35.9 Å². The van der Waals surface area contributed by atoms with Gasteiger partial charge in [0.2, 0.25) is 0 Å². The topological polar surface area (TPSA) is 12.0 Å². The Hall–Kier alpha value is -1.03. The number of nitrogens with one attached hydrogen (secondary N) is 1. The quantitative estimate of drug-likeness (QED) is 0.866. The van der Waals surface area contributed by atoms with Crippen LogP contribution in [0.4, 0.5) is 13.2 Å². The van der Waals surface area contributed by atoms with Gasteiger partial charge in [0, 0.05) is 12.6 Å². The molecule has 1 aliphatic carbocycles. The lowest BCUT2D eigenvalue weighted by Crippen LogP contribution is -2.38. The number of rotatable bonds is 3. The van der Waals surface area contributed by atoms with Gasteiger partial charge in [-0.3, -0.25) is 0 Å². The molecule has 0 aromatic heterocycles. The first-order valence-corrected chi connectivity index (χ1v) is 6.40. The van der Waals surface area contributed by atoms with Crippen LogP contribution in [0.2, 0.25) is 0 Å². The van der Waals surface area contributed by atoms with Gasteiger partial charge in [-0.25, -0.2) is 0 Å². The second-order valence-corrected chi connectivity index (χ2v) is 4.97. The van der Waals surface area contributed by atoms with Crippen molar-refractivity contribution in [2.45, 2.75) is 44.4 Å². The maximum Gasteiger partial charge on any atom is 0.391 e. The van der Waals surface area contributed by atoms with E-state index in [0.29, 0.717) is 13.0 Å². The van der Waals surface area contributed by atoms with E-state index in [1.807, 2.05) is 30.3 Å². The molecule has 0 aliphatic heterocycles. The van der Waals surface area contributed by atoms with Crippen molar-refractivity contribution in [3.8, 4) is 0 Å². The Labute approximate surface area is 105 Å².